The van der Waals surface area contributed by atoms with Crippen molar-refractivity contribution in [3.63, 3.8) is 0 Å². The fraction of sp³-hybridized carbons (Fsp3) is 0.500. The molecule has 28 heavy (non-hydrogen) atoms. The first-order valence-electron chi connectivity index (χ1n) is 8.76. The van der Waals surface area contributed by atoms with Crippen molar-refractivity contribution in [2.45, 2.75) is 37.5 Å². The molecule has 3 rings (SSSR count). The highest BCUT2D eigenvalue weighted by atomic mass is 19.4. The van der Waals surface area contributed by atoms with Crippen LogP contribution in [0.3, 0.4) is 0 Å². The minimum absolute atomic E-state index is 0.0180. The van der Waals surface area contributed by atoms with Gasteiger partial charge in [0.25, 0.3) is 5.91 Å². The molecule has 0 radical (unpaired) electrons. The summed E-state index contributed by atoms with van der Waals surface area (Å²) in [7, 11) is 1.52. The van der Waals surface area contributed by atoms with Crippen molar-refractivity contribution in [3.05, 3.63) is 36.5 Å². The number of ether oxygens (including phenoxy) is 1. The fourth-order valence-corrected chi connectivity index (χ4v) is 3.27. The van der Waals surface area contributed by atoms with Gasteiger partial charge in [-0.15, -0.1) is 0 Å². The van der Waals surface area contributed by atoms with E-state index >= 15 is 0 Å². The molecule has 10 heteroatoms. The molecule has 1 aliphatic heterocycles. The first-order chi connectivity index (χ1) is 13.1. The van der Waals surface area contributed by atoms with Gasteiger partial charge < -0.3 is 19.3 Å². The van der Waals surface area contributed by atoms with Crippen LogP contribution in [-0.4, -0.2) is 62.4 Å². The maximum Gasteiger partial charge on any atom is 0.426 e. The van der Waals surface area contributed by atoms with Gasteiger partial charge in [0.1, 0.15) is 0 Å². The van der Waals surface area contributed by atoms with E-state index in [0.29, 0.717) is 25.6 Å². The Morgan fingerprint density at radius 2 is 1.93 bits per heavy atom. The minimum Gasteiger partial charge on any atom is -0.481 e. The van der Waals surface area contributed by atoms with Crippen LogP contribution in [0.2, 0.25) is 0 Å². The molecule has 0 saturated carbocycles. The van der Waals surface area contributed by atoms with Gasteiger partial charge in [0.2, 0.25) is 11.5 Å². The number of piperidine rings is 1. The zero-order valence-electron chi connectivity index (χ0n) is 15.5. The van der Waals surface area contributed by atoms with Gasteiger partial charge in [-0.3, -0.25) is 4.79 Å². The Morgan fingerprint density at radius 1 is 1.25 bits per heavy atom. The summed E-state index contributed by atoms with van der Waals surface area (Å²) in [6.07, 6.45) is 0.914. The van der Waals surface area contributed by atoms with E-state index in [4.69, 9.17) is 4.74 Å². The maximum absolute atomic E-state index is 12.9. The standard InChI is InChI=1S/C18H21F3N4O3/c1-17(27,18(19,20)21)16(26)24-7-5-12(6-8-24)14-10-22-11-25(14)13-3-4-15(28-2)23-9-13/h3-4,9-12,27H,5-8H2,1-2H3. The van der Waals surface area contributed by atoms with Crippen LogP contribution in [0.4, 0.5) is 13.2 Å². The van der Waals surface area contributed by atoms with Crippen LogP contribution in [-0.2, 0) is 4.79 Å². The molecule has 152 valence electrons. The number of methoxy groups -OCH3 is 1. The molecule has 1 saturated heterocycles. The second-order valence-electron chi connectivity index (χ2n) is 6.88. The molecule has 7 nitrogen and oxygen atoms in total. The van der Waals surface area contributed by atoms with Gasteiger partial charge in [0, 0.05) is 37.0 Å². The summed E-state index contributed by atoms with van der Waals surface area (Å²) in [6.45, 7) is 0.747. The molecule has 1 fully saturated rings. The van der Waals surface area contributed by atoms with Crippen LogP contribution >= 0.6 is 0 Å². The number of aromatic nitrogens is 3. The van der Waals surface area contributed by atoms with Gasteiger partial charge in [0.05, 0.1) is 25.3 Å². The average Bonchev–Trinajstić information content (AvgIpc) is 3.16. The quantitative estimate of drug-likeness (QED) is 0.855. The van der Waals surface area contributed by atoms with Crippen LogP contribution < -0.4 is 4.74 Å². The maximum atomic E-state index is 12.9. The van der Waals surface area contributed by atoms with E-state index in [2.05, 4.69) is 9.97 Å². The van der Waals surface area contributed by atoms with Gasteiger partial charge in [-0.05, 0) is 25.8 Å². The van der Waals surface area contributed by atoms with Crippen molar-refractivity contribution in [2.24, 2.45) is 0 Å². The Balaban J connectivity index is 1.71. The molecule has 0 aromatic carbocycles. The number of nitrogens with zero attached hydrogens (tertiary/aromatic N) is 4. The van der Waals surface area contributed by atoms with Crippen LogP contribution in [0.15, 0.2) is 30.9 Å². The average molecular weight is 398 g/mol. The Hall–Kier alpha value is -2.62. The summed E-state index contributed by atoms with van der Waals surface area (Å²) in [5.74, 6) is -0.815. The van der Waals surface area contributed by atoms with E-state index in [-0.39, 0.29) is 19.0 Å². The molecular formula is C18H21F3N4O3. The predicted octanol–water partition coefficient (Wildman–Crippen LogP) is 2.30. The van der Waals surface area contributed by atoms with Gasteiger partial charge in [-0.25, -0.2) is 9.97 Å². The van der Waals surface area contributed by atoms with E-state index in [1.54, 1.807) is 24.8 Å². The van der Waals surface area contributed by atoms with Gasteiger partial charge >= 0.3 is 6.18 Å². The fourth-order valence-electron chi connectivity index (χ4n) is 3.27. The van der Waals surface area contributed by atoms with Crippen LogP contribution in [0.1, 0.15) is 31.4 Å². The van der Waals surface area contributed by atoms with Crippen LogP contribution in [0.5, 0.6) is 5.88 Å². The lowest BCUT2D eigenvalue weighted by Crippen LogP contribution is -2.57. The Bertz CT molecular complexity index is 825. The summed E-state index contributed by atoms with van der Waals surface area (Å²) >= 11 is 0. The molecule has 1 unspecified atom stereocenters. The first kappa shape index (κ1) is 20.1. The lowest BCUT2D eigenvalue weighted by atomic mass is 9.92. The predicted molar refractivity (Wildman–Crippen MR) is 93.1 cm³/mol. The Morgan fingerprint density at radius 3 is 2.46 bits per heavy atom. The normalized spacial score (nSPS) is 18.0. The van der Waals surface area contributed by atoms with Gasteiger partial charge in [-0.2, -0.15) is 13.2 Å². The first-order valence-corrected chi connectivity index (χ1v) is 8.76. The molecular weight excluding hydrogens is 377 g/mol. The molecule has 2 aromatic rings. The zero-order valence-corrected chi connectivity index (χ0v) is 15.5. The number of imidazole rings is 1. The smallest absolute Gasteiger partial charge is 0.426 e. The van der Waals surface area contributed by atoms with E-state index in [9.17, 15) is 23.1 Å². The SMILES string of the molecule is COc1ccc(-n2cncc2C2CCN(C(=O)C(C)(O)C(F)(F)F)CC2)cn1. The van der Waals surface area contributed by atoms with Crippen molar-refractivity contribution in [1.29, 1.82) is 0 Å². The van der Waals surface area contributed by atoms with E-state index in [0.717, 1.165) is 16.3 Å². The summed E-state index contributed by atoms with van der Waals surface area (Å²) in [5.41, 5.74) is -1.70. The topological polar surface area (TPSA) is 80.5 Å². The van der Waals surface area contributed by atoms with E-state index in [1.165, 1.54) is 7.11 Å². The van der Waals surface area contributed by atoms with Crippen LogP contribution in [0.25, 0.3) is 5.69 Å². The second kappa shape index (κ2) is 7.42. The van der Waals surface area contributed by atoms with Crippen molar-refractivity contribution < 1.29 is 27.8 Å². The third-order valence-electron chi connectivity index (χ3n) is 5.04. The van der Waals surface area contributed by atoms with Crippen LogP contribution in [0, 0.1) is 0 Å². The molecule has 0 aliphatic carbocycles. The lowest BCUT2D eigenvalue weighted by molar-refractivity contribution is -0.250. The number of halogens is 3. The lowest BCUT2D eigenvalue weighted by Gasteiger charge is -2.36. The highest BCUT2D eigenvalue weighted by Gasteiger charge is 2.57. The number of likely N-dealkylation sites (tertiary alicyclic amines) is 1. The van der Waals surface area contributed by atoms with E-state index in [1.807, 2.05) is 10.6 Å². The second-order valence-corrected chi connectivity index (χ2v) is 6.88. The van der Waals surface area contributed by atoms with Gasteiger partial charge in [0.15, 0.2) is 0 Å². The number of hydrogen-bond acceptors (Lipinski definition) is 5. The number of carbonyl (C=O) groups is 1. The number of carbonyl (C=O) groups excluding carboxylic acids is 1. The highest BCUT2D eigenvalue weighted by Crippen LogP contribution is 2.35. The van der Waals surface area contributed by atoms with E-state index < -0.39 is 17.7 Å². The molecule has 1 amide bonds. The minimum atomic E-state index is -5.01. The Kier molecular flexibility index (Phi) is 5.33. The summed E-state index contributed by atoms with van der Waals surface area (Å²) in [4.78, 5) is 21.5. The van der Waals surface area contributed by atoms with Crippen molar-refractivity contribution in [2.75, 3.05) is 20.2 Å². The third-order valence-corrected chi connectivity index (χ3v) is 5.04. The summed E-state index contributed by atoms with van der Waals surface area (Å²) < 4.78 is 45.6. The van der Waals surface area contributed by atoms with Crippen molar-refractivity contribution in [1.82, 2.24) is 19.4 Å². The molecule has 2 aromatic heterocycles. The third kappa shape index (κ3) is 3.68. The number of aliphatic hydroxyl groups is 1. The van der Waals surface area contributed by atoms with Crippen molar-refractivity contribution in [3.8, 4) is 11.6 Å². The molecule has 1 N–H and O–H groups in total. The van der Waals surface area contributed by atoms with Crippen molar-refractivity contribution >= 4 is 5.91 Å². The molecule has 3 heterocycles. The number of alkyl halides is 3. The zero-order chi connectivity index (χ0) is 20.5. The molecule has 1 atom stereocenters. The highest BCUT2D eigenvalue weighted by molar-refractivity contribution is 5.85. The molecule has 0 spiro atoms. The summed E-state index contributed by atoms with van der Waals surface area (Å²) in [5, 5.41) is 9.61. The monoisotopic (exact) mass is 398 g/mol. The number of pyridine rings is 1. The number of hydrogen-bond donors (Lipinski definition) is 1. The Labute approximate surface area is 159 Å². The largest absolute Gasteiger partial charge is 0.481 e. The molecule has 1 aliphatic rings. The number of rotatable bonds is 4. The summed E-state index contributed by atoms with van der Waals surface area (Å²) in [6, 6.07) is 3.55. The molecule has 0 bridgehead atoms. The number of amides is 1. The van der Waals surface area contributed by atoms with Gasteiger partial charge in [-0.1, -0.05) is 0 Å².